The number of fused-ring (bicyclic) bond motifs is 1. The molecule has 0 spiro atoms. The molecule has 1 aliphatic heterocycles. The van der Waals surface area contributed by atoms with Gasteiger partial charge in [-0.15, -0.1) is 0 Å². The molecule has 1 N–H and O–H groups in total. The van der Waals surface area contributed by atoms with Crippen molar-refractivity contribution in [1.29, 1.82) is 0 Å². The quantitative estimate of drug-likeness (QED) is 0.867. The van der Waals surface area contributed by atoms with Gasteiger partial charge in [-0.05, 0) is 55.6 Å². The molecule has 1 saturated heterocycles. The fourth-order valence-corrected chi connectivity index (χ4v) is 3.13. The van der Waals surface area contributed by atoms with Crippen molar-refractivity contribution in [3.8, 4) is 0 Å². The van der Waals surface area contributed by atoms with Crippen LogP contribution in [0.25, 0.3) is 10.9 Å². The Morgan fingerprint density at radius 1 is 1.40 bits per heavy atom. The Labute approximate surface area is 126 Å². The lowest BCUT2D eigenvalue weighted by molar-refractivity contribution is 0.333. The van der Waals surface area contributed by atoms with Crippen LogP contribution in [0.4, 0.5) is 0 Å². The van der Waals surface area contributed by atoms with Crippen LogP contribution in [0.1, 0.15) is 12.8 Å². The molecular weight excluding hydrogens is 297 g/mol. The largest absolute Gasteiger partial charge is 0.316 e. The third-order valence-corrected chi connectivity index (χ3v) is 4.32. The van der Waals surface area contributed by atoms with Crippen molar-refractivity contribution in [2.75, 3.05) is 13.1 Å². The summed E-state index contributed by atoms with van der Waals surface area (Å²) < 4.78 is 1.55. The maximum Gasteiger partial charge on any atom is 0.262 e. The number of aromatic nitrogens is 2. The molecule has 0 amide bonds. The second kappa shape index (κ2) is 5.72. The zero-order valence-electron chi connectivity index (χ0n) is 10.9. The van der Waals surface area contributed by atoms with Gasteiger partial charge < -0.3 is 5.32 Å². The van der Waals surface area contributed by atoms with Crippen LogP contribution in [0.3, 0.4) is 0 Å². The highest BCUT2D eigenvalue weighted by Crippen LogP contribution is 2.21. The fraction of sp³-hybridized carbons (Fsp3) is 0.429. The van der Waals surface area contributed by atoms with Gasteiger partial charge in [0.25, 0.3) is 5.56 Å². The summed E-state index contributed by atoms with van der Waals surface area (Å²) in [6, 6.07) is 5.21. The Kier molecular flexibility index (Phi) is 3.96. The molecule has 0 bridgehead atoms. The second-order valence-electron chi connectivity index (χ2n) is 5.14. The third-order valence-electron chi connectivity index (χ3n) is 3.73. The zero-order chi connectivity index (χ0) is 14.1. The summed E-state index contributed by atoms with van der Waals surface area (Å²) in [5.74, 6) is 0.414. The van der Waals surface area contributed by atoms with Crippen LogP contribution in [-0.4, -0.2) is 22.6 Å². The predicted octanol–water partition coefficient (Wildman–Crippen LogP) is 2.70. The van der Waals surface area contributed by atoms with Crippen LogP contribution in [0.2, 0.25) is 10.3 Å². The van der Waals surface area contributed by atoms with Gasteiger partial charge in [-0.3, -0.25) is 9.36 Å². The van der Waals surface area contributed by atoms with E-state index in [1.807, 2.05) is 0 Å². The number of nitrogens with one attached hydrogen (secondary N) is 1. The number of benzene rings is 1. The molecule has 3 rings (SSSR count). The Morgan fingerprint density at radius 3 is 3.00 bits per heavy atom. The van der Waals surface area contributed by atoms with Gasteiger partial charge in [0.2, 0.25) is 5.28 Å². The molecular formula is C14H15Cl2N3O. The van der Waals surface area contributed by atoms with Crippen molar-refractivity contribution in [2.45, 2.75) is 19.4 Å². The molecule has 4 nitrogen and oxygen atoms in total. The number of hydrogen-bond acceptors (Lipinski definition) is 3. The van der Waals surface area contributed by atoms with Gasteiger partial charge in [-0.25, -0.2) is 4.98 Å². The number of nitrogens with zero attached hydrogens (tertiary/aromatic N) is 2. The summed E-state index contributed by atoms with van der Waals surface area (Å²) in [4.78, 5) is 16.8. The molecule has 1 aromatic carbocycles. The summed E-state index contributed by atoms with van der Waals surface area (Å²) >= 11 is 12.2. The van der Waals surface area contributed by atoms with E-state index in [4.69, 9.17) is 23.2 Å². The van der Waals surface area contributed by atoms with Gasteiger partial charge in [0, 0.05) is 6.54 Å². The number of para-hydroxylation sites is 1. The molecule has 0 aliphatic carbocycles. The smallest absolute Gasteiger partial charge is 0.262 e. The SMILES string of the molecule is O=c1c2cccc(Cl)c2nc(Cl)n1CC1CCCNC1. The molecule has 0 saturated carbocycles. The lowest BCUT2D eigenvalue weighted by Gasteiger charge is -2.23. The minimum atomic E-state index is -0.118. The van der Waals surface area contributed by atoms with E-state index >= 15 is 0 Å². The Balaban J connectivity index is 2.04. The maximum absolute atomic E-state index is 12.5. The number of rotatable bonds is 2. The molecule has 106 valence electrons. The highest BCUT2D eigenvalue weighted by atomic mass is 35.5. The van der Waals surface area contributed by atoms with E-state index in [9.17, 15) is 4.79 Å². The van der Waals surface area contributed by atoms with E-state index in [1.54, 1.807) is 22.8 Å². The highest BCUT2D eigenvalue weighted by molar-refractivity contribution is 6.35. The van der Waals surface area contributed by atoms with Gasteiger partial charge >= 0.3 is 0 Å². The molecule has 20 heavy (non-hydrogen) atoms. The van der Waals surface area contributed by atoms with Crippen molar-refractivity contribution in [1.82, 2.24) is 14.9 Å². The normalized spacial score (nSPS) is 19.4. The first-order chi connectivity index (χ1) is 9.66. The first-order valence-electron chi connectivity index (χ1n) is 6.72. The monoisotopic (exact) mass is 311 g/mol. The van der Waals surface area contributed by atoms with Crippen LogP contribution < -0.4 is 10.9 Å². The first-order valence-corrected chi connectivity index (χ1v) is 7.47. The van der Waals surface area contributed by atoms with Crippen molar-refractivity contribution < 1.29 is 0 Å². The second-order valence-corrected chi connectivity index (χ2v) is 5.89. The van der Waals surface area contributed by atoms with E-state index in [-0.39, 0.29) is 10.8 Å². The Morgan fingerprint density at radius 2 is 2.25 bits per heavy atom. The van der Waals surface area contributed by atoms with E-state index < -0.39 is 0 Å². The molecule has 1 fully saturated rings. The molecule has 1 aliphatic rings. The molecule has 1 atom stereocenters. The average molecular weight is 312 g/mol. The molecule has 1 unspecified atom stereocenters. The lowest BCUT2D eigenvalue weighted by Crippen LogP contribution is -2.35. The van der Waals surface area contributed by atoms with Crippen LogP contribution in [0.5, 0.6) is 0 Å². The van der Waals surface area contributed by atoms with E-state index in [0.717, 1.165) is 25.9 Å². The number of piperidine rings is 1. The van der Waals surface area contributed by atoms with Crippen LogP contribution >= 0.6 is 23.2 Å². The minimum Gasteiger partial charge on any atom is -0.316 e. The maximum atomic E-state index is 12.5. The van der Waals surface area contributed by atoms with Gasteiger partial charge in [0.1, 0.15) is 0 Å². The standard InChI is InChI=1S/C14H15Cl2N3O/c15-11-5-1-4-10-12(11)18-14(16)19(13(10)20)8-9-3-2-6-17-7-9/h1,4-5,9,17H,2-3,6-8H2. The first kappa shape index (κ1) is 13.9. The van der Waals surface area contributed by atoms with Gasteiger partial charge in [0.05, 0.1) is 15.9 Å². The van der Waals surface area contributed by atoms with Crippen LogP contribution in [-0.2, 0) is 6.54 Å². The molecule has 2 heterocycles. The Hall–Kier alpha value is -1.10. The van der Waals surface area contributed by atoms with Crippen molar-refractivity contribution >= 4 is 34.1 Å². The number of hydrogen-bond donors (Lipinski definition) is 1. The topological polar surface area (TPSA) is 46.9 Å². The van der Waals surface area contributed by atoms with Crippen molar-refractivity contribution in [3.05, 3.63) is 38.9 Å². The zero-order valence-corrected chi connectivity index (χ0v) is 12.4. The summed E-state index contributed by atoms with van der Waals surface area (Å²) in [6.45, 7) is 2.56. The summed E-state index contributed by atoms with van der Waals surface area (Å²) in [7, 11) is 0. The number of halogens is 2. The van der Waals surface area contributed by atoms with Gasteiger partial charge in [-0.2, -0.15) is 0 Å². The van der Waals surface area contributed by atoms with Crippen molar-refractivity contribution in [3.63, 3.8) is 0 Å². The van der Waals surface area contributed by atoms with E-state index in [0.29, 0.717) is 28.4 Å². The van der Waals surface area contributed by atoms with Crippen LogP contribution in [0.15, 0.2) is 23.0 Å². The molecule has 6 heteroatoms. The molecule has 1 aromatic heterocycles. The third kappa shape index (κ3) is 2.55. The summed E-state index contributed by atoms with van der Waals surface area (Å²) in [5.41, 5.74) is 0.357. The van der Waals surface area contributed by atoms with E-state index in [2.05, 4.69) is 10.3 Å². The predicted molar refractivity (Wildman–Crippen MR) is 81.6 cm³/mol. The van der Waals surface area contributed by atoms with Gasteiger partial charge in [-0.1, -0.05) is 17.7 Å². The van der Waals surface area contributed by atoms with E-state index in [1.165, 1.54) is 0 Å². The van der Waals surface area contributed by atoms with Crippen molar-refractivity contribution in [2.24, 2.45) is 5.92 Å². The molecule has 0 radical (unpaired) electrons. The van der Waals surface area contributed by atoms with Crippen LogP contribution in [0, 0.1) is 5.92 Å². The fourth-order valence-electron chi connectivity index (χ4n) is 2.68. The van der Waals surface area contributed by atoms with Gasteiger partial charge in [0.15, 0.2) is 0 Å². The lowest BCUT2D eigenvalue weighted by atomic mass is 10.00. The average Bonchev–Trinajstić information content (AvgIpc) is 2.46. The summed E-state index contributed by atoms with van der Waals surface area (Å²) in [6.07, 6.45) is 2.23. The minimum absolute atomic E-state index is 0.118. The summed E-state index contributed by atoms with van der Waals surface area (Å²) in [5, 5.41) is 4.52. The highest BCUT2D eigenvalue weighted by Gasteiger charge is 2.18. The Bertz CT molecular complexity index is 693. The molecule has 2 aromatic rings.